The first-order valence-corrected chi connectivity index (χ1v) is 11.0. The van der Waals surface area contributed by atoms with Gasteiger partial charge in [0.25, 0.3) is 5.91 Å². The van der Waals surface area contributed by atoms with Gasteiger partial charge in [-0.15, -0.1) is 0 Å². The Labute approximate surface area is 197 Å². The zero-order valence-corrected chi connectivity index (χ0v) is 19.9. The molecule has 4 nitrogen and oxygen atoms in total. The second kappa shape index (κ2) is 10.4. The maximum atomic E-state index is 12.4. The van der Waals surface area contributed by atoms with Crippen LogP contribution in [-0.2, 0) is 11.4 Å². The molecule has 1 N–H and O–H groups in total. The number of aryl methyl sites for hydroxylation is 1. The number of rotatable bonds is 6. The summed E-state index contributed by atoms with van der Waals surface area (Å²) in [5.41, 5.74) is 3.61. The molecule has 0 aliphatic heterocycles. The van der Waals surface area contributed by atoms with Crippen molar-refractivity contribution in [1.82, 2.24) is 0 Å². The van der Waals surface area contributed by atoms with E-state index in [2.05, 4.69) is 43.8 Å². The van der Waals surface area contributed by atoms with Gasteiger partial charge in [0.15, 0.2) is 0 Å². The highest BCUT2D eigenvalue weighted by atomic mass is 127. The molecule has 0 heterocycles. The van der Waals surface area contributed by atoms with Crippen LogP contribution in [0.25, 0.3) is 6.08 Å². The van der Waals surface area contributed by atoms with E-state index in [0.717, 1.165) is 30.5 Å². The van der Waals surface area contributed by atoms with Crippen molar-refractivity contribution in [3.8, 4) is 11.8 Å². The molecule has 0 fully saturated rings. The molecule has 0 saturated carbocycles. The molecule has 0 aliphatic carbocycles. The highest BCUT2D eigenvalue weighted by Gasteiger charge is 2.10. The van der Waals surface area contributed by atoms with Crippen LogP contribution in [0.1, 0.15) is 16.7 Å². The van der Waals surface area contributed by atoms with Crippen LogP contribution in [0.15, 0.2) is 76.8 Å². The Morgan fingerprint density at radius 2 is 1.83 bits per heavy atom. The second-order valence-electron chi connectivity index (χ2n) is 6.59. The number of ether oxygens (including phenoxy) is 1. The maximum absolute atomic E-state index is 12.4. The van der Waals surface area contributed by atoms with Crippen molar-refractivity contribution in [3.63, 3.8) is 0 Å². The number of nitrogens with zero attached hydrogens (tertiary/aromatic N) is 1. The monoisotopic (exact) mass is 572 g/mol. The molecule has 0 aliphatic rings. The van der Waals surface area contributed by atoms with Gasteiger partial charge < -0.3 is 10.1 Å². The van der Waals surface area contributed by atoms with E-state index >= 15 is 0 Å². The number of carbonyl (C=O) groups is 1. The van der Waals surface area contributed by atoms with Gasteiger partial charge in [-0.25, -0.2) is 0 Å². The minimum atomic E-state index is -0.438. The molecule has 30 heavy (non-hydrogen) atoms. The van der Waals surface area contributed by atoms with Gasteiger partial charge in [0.05, 0.1) is 3.57 Å². The van der Waals surface area contributed by atoms with E-state index in [1.807, 2.05) is 79.7 Å². The Morgan fingerprint density at radius 1 is 1.13 bits per heavy atom. The van der Waals surface area contributed by atoms with Gasteiger partial charge in [-0.1, -0.05) is 51.8 Å². The summed E-state index contributed by atoms with van der Waals surface area (Å²) < 4.78 is 7.82. The van der Waals surface area contributed by atoms with Gasteiger partial charge in [-0.2, -0.15) is 5.26 Å². The number of nitrogens with one attached hydrogen (secondary N) is 1. The Kier molecular flexibility index (Phi) is 7.66. The van der Waals surface area contributed by atoms with E-state index in [9.17, 15) is 10.1 Å². The zero-order valence-electron chi connectivity index (χ0n) is 16.2. The fourth-order valence-corrected chi connectivity index (χ4v) is 3.58. The van der Waals surface area contributed by atoms with Crippen molar-refractivity contribution in [1.29, 1.82) is 5.26 Å². The van der Waals surface area contributed by atoms with Crippen LogP contribution in [0.4, 0.5) is 5.69 Å². The summed E-state index contributed by atoms with van der Waals surface area (Å²) in [6, 6.07) is 22.9. The molecular weight excluding hydrogens is 555 g/mol. The molecule has 0 bridgehead atoms. The fourth-order valence-electron chi connectivity index (χ4n) is 2.62. The number of nitriles is 1. The molecule has 150 valence electrons. The van der Waals surface area contributed by atoms with E-state index in [1.165, 1.54) is 0 Å². The zero-order chi connectivity index (χ0) is 21.5. The lowest BCUT2D eigenvalue weighted by Gasteiger charge is -2.09. The predicted molar refractivity (Wildman–Crippen MR) is 131 cm³/mol. The van der Waals surface area contributed by atoms with Gasteiger partial charge in [-0.05, 0) is 83.1 Å². The molecule has 0 radical (unpaired) electrons. The molecule has 1 amide bonds. The van der Waals surface area contributed by atoms with Crippen LogP contribution in [0.5, 0.6) is 5.75 Å². The molecule has 3 aromatic carbocycles. The van der Waals surface area contributed by atoms with Crippen molar-refractivity contribution in [2.24, 2.45) is 0 Å². The van der Waals surface area contributed by atoms with Crippen LogP contribution in [0.2, 0.25) is 0 Å². The fraction of sp³-hybridized carbons (Fsp3) is 0.0833. The molecule has 0 atom stereocenters. The highest BCUT2D eigenvalue weighted by Crippen LogP contribution is 2.25. The minimum Gasteiger partial charge on any atom is -0.488 e. The van der Waals surface area contributed by atoms with Crippen LogP contribution in [0.3, 0.4) is 0 Å². The third-order valence-corrected chi connectivity index (χ3v) is 5.62. The average Bonchev–Trinajstić information content (AvgIpc) is 2.74. The van der Waals surface area contributed by atoms with Crippen molar-refractivity contribution in [3.05, 3.63) is 97.0 Å². The van der Waals surface area contributed by atoms with Crippen molar-refractivity contribution >= 4 is 56.2 Å². The summed E-state index contributed by atoms with van der Waals surface area (Å²) in [6.07, 6.45) is 1.57. The highest BCUT2D eigenvalue weighted by molar-refractivity contribution is 14.1. The van der Waals surface area contributed by atoms with Crippen molar-refractivity contribution < 1.29 is 9.53 Å². The van der Waals surface area contributed by atoms with E-state index < -0.39 is 5.91 Å². The van der Waals surface area contributed by atoms with E-state index in [1.54, 1.807) is 6.08 Å². The first-order chi connectivity index (χ1) is 14.4. The Balaban J connectivity index is 1.69. The Hall–Kier alpha value is -2.63. The van der Waals surface area contributed by atoms with Crippen LogP contribution in [0, 0.1) is 21.8 Å². The lowest BCUT2D eigenvalue weighted by atomic mass is 10.1. The third kappa shape index (κ3) is 6.18. The van der Waals surface area contributed by atoms with Gasteiger partial charge in [0.1, 0.15) is 24.0 Å². The summed E-state index contributed by atoms with van der Waals surface area (Å²) in [7, 11) is 0. The molecular formula is C24H18BrIN2O2. The number of hydrogen-bond acceptors (Lipinski definition) is 3. The van der Waals surface area contributed by atoms with E-state index in [-0.39, 0.29) is 5.57 Å². The topological polar surface area (TPSA) is 62.1 Å². The van der Waals surface area contributed by atoms with Crippen LogP contribution >= 0.6 is 38.5 Å². The number of amides is 1. The lowest BCUT2D eigenvalue weighted by Crippen LogP contribution is -2.13. The standard InChI is InChI=1S/C24H18BrIN2O2/c1-16-2-9-21(10-3-16)28-24(29)19(14-27)12-18-6-11-23(22(26)13-18)30-15-17-4-7-20(25)8-5-17/h2-13H,15H2,1H3,(H,28,29)/b19-12+. The number of carbonyl (C=O) groups excluding carboxylic acids is 1. The van der Waals surface area contributed by atoms with Gasteiger partial charge in [-0.3, -0.25) is 4.79 Å². The minimum absolute atomic E-state index is 0.0369. The molecule has 0 spiro atoms. The molecule has 0 unspecified atom stereocenters. The molecule has 6 heteroatoms. The first-order valence-electron chi connectivity index (χ1n) is 9.11. The first kappa shape index (κ1) is 22.1. The Morgan fingerprint density at radius 3 is 2.47 bits per heavy atom. The SMILES string of the molecule is Cc1ccc(NC(=O)/C(C#N)=C/c2ccc(OCc3ccc(Br)cc3)c(I)c2)cc1. The summed E-state index contributed by atoms with van der Waals surface area (Å²) in [6.45, 7) is 2.43. The van der Waals surface area contributed by atoms with Crippen LogP contribution < -0.4 is 10.1 Å². The lowest BCUT2D eigenvalue weighted by molar-refractivity contribution is -0.112. The molecule has 0 aromatic heterocycles. The normalized spacial score (nSPS) is 10.9. The predicted octanol–water partition coefficient (Wildman–Crippen LogP) is 6.49. The smallest absolute Gasteiger partial charge is 0.266 e. The second-order valence-corrected chi connectivity index (χ2v) is 8.67. The average molecular weight is 573 g/mol. The molecule has 3 aromatic rings. The summed E-state index contributed by atoms with van der Waals surface area (Å²) in [4.78, 5) is 12.4. The van der Waals surface area contributed by atoms with E-state index in [4.69, 9.17) is 4.74 Å². The molecule has 0 saturated heterocycles. The quantitative estimate of drug-likeness (QED) is 0.209. The van der Waals surface area contributed by atoms with Crippen molar-refractivity contribution in [2.75, 3.05) is 5.32 Å². The summed E-state index contributed by atoms with van der Waals surface area (Å²) in [5.74, 6) is 0.310. The Bertz CT molecular complexity index is 1120. The number of halogens is 2. The third-order valence-electron chi connectivity index (χ3n) is 4.25. The largest absolute Gasteiger partial charge is 0.488 e. The number of anilines is 1. The summed E-state index contributed by atoms with van der Waals surface area (Å²) >= 11 is 5.61. The van der Waals surface area contributed by atoms with Crippen LogP contribution in [-0.4, -0.2) is 5.91 Å². The number of benzene rings is 3. The van der Waals surface area contributed by atoms with Gasteiger partial charge >= 0.3 is 0 Å². The number of hydrogen-bond donors (Lipinski definition) is 1. The van der Waals surface area contributed by atoms with Gasteiger partial charge in [0.2, 0.25) is 0 Å². The summed E-state index contributed by atoms with van der Waals surface area (Å²) in [5, 5.41) is 12.2. The van der Waals surface area contributed by atoms with Crippen molar-refractivity contribution in [2.45, 2.75) is 13.5 Å². The maximum Gasteiger partial charge on any atom is 0.266 e. The molecule has 3 rings (SSSR count). The van der Waals surface area contributed by atoms with Gasteiger partial charge in [0, 0.05) is 10.2 Å². The van der Waals surface area contributed by atoms with E-state index in [0.29, 0.717) is 12.3 Å².